The number of carbonyl (C=O) groups is 1. The average molecular weight is 507 g/mol. The molecule has 0 saturated heterocycles. The number of aromatic nitrogens is 2. The summed E-state index contributed by atoms with van der Waals surface area (Å²) in [5.74, 6) is 1.17. The summed E-state index contributed by atoms with van der Waals surface area (Å²) in [7, 11) is 0. The Balaban J connectivity index is 1.36. The van der Waals surface area contributed by atoms with E-state index in [1.807, 2.05) is 75.4 Å². The summed E-state index contributed by atoms with van der Waals surface area (Å²) >= 11 is 1.62. The van der Waals surface area contributed by atoms with E-state index in [0.29, 0.717) is 26.2 Å². The zero-order valence-corrected chi connectivity index (χ0v) is 21.8. The van der Waals surface area contributed by atoms with Gasteiger partial charge in [-0.3, -0.25) is 0 Å². The van der Waals surface area contributed by atoms with Gasteiger partial charge in [0.25, 0.3) is 0 Å². The molecule has 2 aromatic heterocycles. The van der Waals surface area contributed by atoms with Crippen LogP contribution in [-0.2, 0) is 27.3 Å². The van der Waals surface area contributed by atoms with E-state index in [9.17, 15) is 4.79 Å². The number of carbonyl (C=O) groups excluding carboxylic acids is 1. The SMILES string of the molecule is CCOC(=O)[C@H](Cc1ccc(OCc2sc(-c3ccc(-c4cc(C)no4)cc3)nc2C)cc1)OCC. The Hall–Kier alpha value is -3.49. The van der Waals surface area contributed by atoms with E-state index >= 15 is 0 Å². The highest BCUT2D eigenvalue weighted by Crippen LogP contribution is 2.31. The van der Waals surface area contributed by atoms with Crippen molar-refractivity contribution in [1.82, 2.24) is 10.1 Å². The van der Waals surface area contributed by atoms with Crippen molar-refractivity contribution < 1.29 is 23.5 Å². The first kappa shape index (κ1) is 25.6. The first-order chi connectivity index (χ1) is 17.5. The first-order valence-electron chi connectivity index (χ1n) is 12.0. The van der Waals surface area contributed by atoms with Gasteiger partial charge in [0.15, 0.2) is 11.9 Å². The van der Waals surface area contributed by atoms with Crippen LogP contribution in [0.15, 0.2) is 59.1 Å². The molecule has 0 N–H and O–H groups in total. The Morgan fingerprint density at radius 1 is 1.00 bits per heavy atom. The molecule has 0 aliphatic heterocycles. The van der Waals surface area contributed by atoms with Crippen LogP contribution in [0.2, 0.25) is 0 Å². The molecule has 0 unspecified atom stereocenters. The number of hydrogen-bond acceptors (Lipinski definition) is 8. The summed E-state index contributed by atoms with van der Waals surface area (Å²) in [6.45, 7) is 8.77. The molecule has 0 fully saturated rings. The predicted octanol–water partition coefficient (Wildman–Crippen LogP) is 6.17. The highest BCUT2D eigenvalue weighted by molar-refractivity contribution is 7.15. The Morgan fingerprint density at radius 3 is 2.36 bits per heavy atom. The smallest absolute Gasteiger partial charge is 0.335 e. The Kier molecular flexibility index (Phi) is 8.51. The monoisotopic (exact) mass is 506 g/mol. The maximum atomic E-state index is 12.1. The van der Waals surface area contributed by atoms with Crippen LogP contribution in [0.3, 0.4) is 0 Å². The summed E-state index contributed by atoms with van der Waals surface area (Å²) < 4.78 is 22.0. The number of hydrogen-bond donors (Lipinski definition) is 0. The van der Waals surface area contributed by atoms with Gasteiger partial charge >= 0.3 is 5.97 Å². The highest BCUT2D eigenvalue weighted by atomic mass is 32.1. The van der Waals surface area contributed by atoms with Gasteiger partial charge in [0.05, 0.1) is 22.9 Å². The number of benzene rings is 2. The lowest BCUT2D eigenvalue weighted by molar-refractivity contribution is -0.156. The van der Waals surface area contributed by atoms with Gasteiger partial charge in [-0.15, -0.1) is 11.3 Å². The minimum Gasteiger partial charge on any atom is -0.488 e. The summed E-state index contributed by atoms with van der Waals surface area (Å²) in [5.41, 5.74) is 4.82. The van der Waals surface area contributed by atoms with Crippen LogP contribution in [0.1, 0.15) is 35.7 Å². The van der Waals surface area contributed by atoms with Gasteiger partial charge < -0.3 is 18.7 Å². The van der Waals surface area contributed by atoms with Crippen LogP contribution in [0, 0.1) is 13.8 Å². The van der Waals surface area contributed by atoms with E-state index in [0.717, 1.165) is 49.5 Å². The second-order valence-corrected chi connectivity index (χ2v) is 9.35. The predicted molar refractivity (Wildman–Crippen MR) is 139 cm³/mol. The molecule has 188 valence electrons. The largest absolute Gasteiger partial charge is 0.488 e. The van der Waals surface area contributed by atoms with E-state index in [2.05, 4.69) is 5.16 Å². The number of nitrogens with zero attached hydrogens (tertiary/aromatic N) is 2. The minimum absolute atomic E-state index is 0.334. The van der Waals surface area contributed by atoms with Crippen molar-refractivity contribution in [3.8, 4) is 27.6 Å². The summed E-state index contributed by atoms with van der Waals surface area (Å²) in [6.07, 6.45) is -0.145. The lowest BCUT2D eigenvalue weighted by Gasteiger charge is -2.15. The van der Waals surface area contributed by atoms with E-state index in [1.165, 1.54) is 0 Å². The van der Waals surface area contributed by atoms with E-state index in [-0.39, 0.29) is 5.97 Å². The van der Waals surface area contributed by atoms with Crippen LogP contribution in [0.25, 0.3) is 21.9 Å². The topological polar surface area (TPSA) is 83.7 Å². The number of rotatable bonds is 11. The standard InChI is InChI=1S/C28H30N2O5S/c1-5-32-25(28(31)33-6-2)16-20-7-13-23(14-8-20)34-17-26-19(4)29-27(36-26)22-11-9-21(10-12-22)24-15-18(3)30-35-24/h7-15,25H,5-6,16-17H2,1-4H3/t25-/m0/s1. The van der Waals surface area contributed by atoms with Crippen molar-refractivity contribution in [1.29, 1.82) is 0 Å². The van der Waals surface area contributed by atoms with E-state index in [1.54, 1.807) is 18.3 Å². The third-order valence-electron chi connectivity index (χ3n) is 5.57. The molecule has 36 heavy (non-hydrogen) atoms. The number of ether oxygens (including phenoxy) is 3. The Bertz CT molecular complexity index is 1280. The van der Waals surface area contributed by atoms with Crippen LogP contribution < -0.4 is 4.74 Å². The fourth-order valence-electron chi connectivity index (χ4n) is 3.69. The van der Waals surface area contributed by atoms with Gasteiger partial charge in [-0.2, -0.15) is 0 Å². The number of thiazole rings is 1. The molecule has 0 bridgehead atoms. The van der Waals surface area contributed by atoms with Gasteiger partial charge in [-0.1, -0.05) is 41.6 Å². The van der Waals surface area contributed by atoms with Crippen molar-refractivity contribution in [2.45, 2.75) is 46.8 Å². The zero-order valence-electron chi connectivity index (χ0n) is 20.9. The molecule has 0 amide bonds. The lowest BCUT2D eigenvalue weighted by Crippen LogP contribution is -2.28. The minimum atomic E-state index is -0.603. The molecule has 4 rings (SSSR count). The molecule has 0 radical (unpaired) electrons. The van der Waals surface area contributed by atoms with Crippen molar-refractivity contribution in [3.05, 3.63) is 76.4 Å². The zero-order chi connectivity index (χ0) is 25.5. The summed E-state index contributed by atoms with van der Waals surface area (Å²) in [6, 6.07) is 17.7. The number of esters is 1. The van der Waals surface area contributed by atoms with Crippen LogP contribution in [0.4, 0.5) is 0 Å². The molecule has 2 heterocycles. The summed E-state index contributed by atoms with van der Waals surface area (Å²) in [5, 5.41) is 4.90. The van der Waals surface area contributed by atoms with Crippen LogP contribution >= 0.6 is 11.3 Å². The quantitative estimate of drug-likeness (QED) is 0.225. The second kappa shape index (κ2) is 12.0. The highest BCUT2D eigenvalue weighted by Gasteiger charge is 2.20. The molecule has 0 aliphatic rings. The van der Waals surface area contributed by atoms with Crippen molar-refractivity contribution >= 4 is 17.3 Å². The molecule has 7 nitrogen and oxygen atoms in total. The molecule has 0 saturated carbocycles. The van der Waals surface area contributed by atoms with Crippen LogP contribution in [0.5, 0.6) is 5.75 Å². The van der Waals surface area contributed by atoms with Crippen molar-refractivity contribution in [2.24, 2.45) is 0 Å². The van der Waals surface area contributed by atoms with E-state index < -0.39 is 6.10 Å². The maximum Gasteiger partial charge on any atom is 0.335 e. The molecule has 0 aliphatic carbocycles. The van der Waals surface area contributed by atoms with Crippen LogP contribution in [-0.4, -0.2) is 35.4 Å². The molecule has 8 heteroatoms. The molecule has 0 spiro atoms. The number of aryl methyl sites for hydroxylation is 2. The summed E-state index contributed by atoms with van der Waals surface area (Å²) in [4.78, 5) is 17.9. The molecule has 1 atom stereocenters. The average Bonchev–Trinajstić information content (AvgIpc) is 3.49. The Labute approximate surface area is 215 Å². The third-order valence-corrected chi connectivity index (χ3v) is 6.75. The lowest BCUT2D eigenvalue weighted by atomic mass is 10.1. The first-order valence-corrected chi connectivity index (χ1v) is 12.8. The van der Waals surface area contributed by atoms with Gasteiger partial charge in [0.2, 0.25) is 0 Å². The molecular weight excluding hydrogens is 476 g/mol. The van der Waals surface area contributed by atoms with E-state index in [4.69, 9.17) is 23.7 Å². The third kappa shape index (κ3) is 6.38. The normalized spacial score (nSPS) is 11.9. The molecule has 4 aromatic rings. The molecule has 2 aromatic carbocycles. The van der Waals surface area contributed by atoms with Gasteiger partial charge in [-0.05, 0) is 45.4 Å². The second-order valence-electron chi connectivity index (χ2n) is 8.27. The van der Waals surface area contributed by atoms with Gasteiger partial charge in [0.1, 0.15) is 17.4 Å². The van der Waals surface area contributed by atoms with Gasteiger partial charge in [0, 0.05) is 30.2 Å². The molecular formula is C28H30N2O5S. The maximum absolute atomic E-state index is 12.1. The fourth-order valence-corrected chi connectivity index (χ4v) is 4.67. The van der Waals surface area contributed by atoms with Gasteiger partial charge in [-0.25, -0.2) is 9.78 Å². The fraction of sp³-hybridized carbons (Fsp3) is 0.321. The Morgan fingerprint density at radius 2 is 1.72 bits per heavy atom. The van der Waals surface area contributed by atoms with Crippen molar-refractivity contribution in [3.63, 3.8) is 0 Å². The van der Waals surface area contributed by atoms with Crippen molar-refractivity contribution in [2.75, 3.05) is 13.2 Å².